The van der Waals surface area contributed by atoms with E-state index >= 15 is 0 Å². The zero-order chi connectivity index (χ0) is 25.9. The summed E-state index contributed by atoms with van der Waals surface area (Å²) in [5.74, 6) is 6.75. The van der Waals surface area contributed by atoms with Crippen molar-refractivity contribution < 1.29 is 4.79 Å². The second-order valence-corrected chi connectivity index (χ2v) is 9.98. The zero-order valence-corrected chi connectivity index (χ0v) is 21.6. The van der Waals surface area contributed by atoms with Gasteiger partial charge in [-0.15, -0.1) is 0 Å². The minimum absolute atomic E-state index is 0.0446. The van der Waals surface area contributed by atoms with E-state index in [1.807, 2.05) is 17.9 Å². The van der Waals surface area contributed by atoms with Crippen molar-refractivity contribution in [2.24, 2.45) is 0 Å². The highest BCUT2D eigenvalue weighted by atomic mass is 35.5. The van der Waals surface area contributed by atoms with Crippen molar-refractivity contribution in [3.63, 3.8) is 0 Å². The van der Waals surface area contributed by atoms with E-state index in [4.69, 9.17) is 23.1 Å². The topological polar surface area (TPSA) is 114 Å². The molecule has 1 saturated heterocycles. The third-order valence-corrected chi connectivity index (χ3v) is 7.45. The molecule has 1 aliphatic heterocycles. The number of carbonyl (C=O) groups excluding carboxylic acids is 1. The molecule has 0 radical (unpaired) electrons. The predicted octanol–water partition coefficient (Wildman–Crippen LogP) is 3.77. The van der Waals surface area contributed by atoms with Gasteiger partial charge >= 0.3 is 0 Å². The Morgan fingerprint density at radius 3 is 2.46 bits per heavy atom. The number of piperazine rings is 1. The van der Waals surface area contributed by atoms with Crippen LogP contribution in [0.1, 0.15) is 52.9 Å². The van der Waals surface area contributed by atoms with Crippen molar-refractivity contribution in [2.45, 2.75) is 38.6 Å². The van der Waals surface area contributed by atoms with Gasteiger partial charge in [-0.25, -0.2) is 15.0 Å². The number of hydrogen-bond donors (Lipinski definition) is 2. The number of amides is 1. The fourth-order valence-electron chi connectivity index (χ4n) is 5.13. The predicted molar refractivity (Wildman–Crippen MR) is 146 cm³/mol. The van der Waals surface area contributed by atoms with Gasteiger partial charge in [0.05, 0.1) is 27.5 Å². The van der Waals surface area contributed by atoms with Gasteiger partial charge in [0.25, 0.3) is 5.91 Å². The molecule has 4 N–H and O–H groups in total. The minimum Gasteiger partial charge on any atom is -0.384 e. The summed E-state index contributed by atoms with van der Waals surface area (Å²) in [6, 6.07) is 9.52. The van der Waals surface area contributed by atoms with Crippen LogP contribution in [0.15, 0.2) is 36.5 Å². The Bertz CT molecular complexity index is 1370. The molecule has 37 heavy (non-hydrogen) atoms. The first-order valence-corrected chi connectivity index (χ1v) is 13.0. The van der Waals surface area contributed by atoms with Gasteiger partial charge in [0.15, 0.2) is 0 Å². The molecular weight excluding hydrogens is 486 g/mol. The van der Waals surface area contributed by atoms with E-state index in [0.29, 0.717) is 50.5 Å². The van der Waals surface area contributed by atoms with Crippen LogP contribution in [-0.4, -0.2) is 62.9 Å². The third-order valence-electron chi connectivity index (χ3n) is 7.14. The maximum atomic E-state index is 13.3. The normalized spacial score (nSPS) is 16.4. The van der Waals surface area contributed by atoms with Gasteiger partial charge < -0.3 is 16.4 Å². The fourth-order valence-corrected chi connectivity index (χ4v) is 5.39. The number of nitrogens with two attached hydrogens (primary N) is 2. The highest BCUT2D eigenvalue weighted by Gasteiger charge is 2.29. The van der Waals surface area contributed by atoms with E-state index in [0.717, 1.165) is 26.2 Å². The number of anilines is 2. The van der Waals surface area contributed by atoms with Crippen molar-refractivity contribution in [3.8, 4) is 23.1 Å². The molecule has 5 rings (SSSR count). The molecule has 1 amide bonds. The van der Waals surface area contributed by atoms with Gasteiger partial charge in [0.2, 0.25) is 5.95 Å². The quantitative estimate of drug-likeness (QED) is 0.510. The van der Waals surface area contributed by atoms with E-state index in [-0.39, 0.29) is 11.9 Å². The number of halogens is 1. The van der Waals surface area contributed by atoms with Crippen LogP contribution in [0.3, 0.4) is 0 Å². The number of aromatic nitrogens is 3. The van der Waals surface area contributed by atoms with Gasteiger partial charge in [-0.05, 0) is 44.0 Å². The first kappa shape index (κ1) is 25.0. The molecule has 2 aliphatic rings. The molecule has 1 aliphatic carbocycles. The van der Waals surface area contributed by atoms with E-state index in [1.165, 1.54) is 25.7 Å². The summed E-state index contributed by atoms with van der Waals surface area (Å²) < 4.78 is 0. The lowest BCUT2D eigenvalue weighted by Crippen LogP contribution is -2.51. The van der Waals surface area contributed by atoms with Crippen LogP contribution in [0, 0.1) is 18.8 Å². The van der Waals surface area contributed by atoms with Gasteiger partial charge in [0.1, 0.15) is 5.82 Å². The fraction of sp³-hybridized carbons (Fsp3) is 0.357. The summed E-state index contributed by atoms with van der Waals surface area (Å²) in [5, 5.41) is 0.372. The smallest absolute Gasteiger partial charge is 0.255 e. The summed E-state index contributed by atoms with van der Waals surface area (Å²) in [6.07, 6.45) is 6.79. The minimum atomic E-state index is -0.0446. The van der Waals surface area contributed by atoms with Crippen LogP contribution in [0.5, 0.6) is 0 Å². The molecule has 1 aromatic carbocycles. The second-order valence-electron chi connectivity index (χ2n) is 9.57. The average molecular weight is 516 g/mol. The molecule has 0 atom stereocenters. The molecule has 0 spiro atoms. The van der Waals surface area contributed by atoms with Crippen molar-refractivity contribution in [1.82, 2.24) is 24.8 Å². The lowest BCUT2D eigenvalue weighted by atomic mass is 10.0. The molecule has 2 fully saturated rings. The number of pyridine rings is 1. The SMILES string of the molecule is Cc1nc(N)nc(-c2ccc(C(=O)N3CCN(C4CCCC4)CC3)c(Cl)c2)c1C#Cc1ccc(N)nc1. The largest absolute Gasteiger partial charge is 0.384 e. The molecular formula is C28H30ClN7O. The number of hydrogen-bond acceptors (Lipinski definition) is 7. The van der Waals surface area contributed by atoms with Crippen LogP contribution >= 0.6 is 11.6 Å². The Labute approximate surface area is 222 Å². The number of rotatable bonds is 3. The molecule has 1 saturated carbocycles. The molecule has 190 valence electrons. The lowest BCUT2D eigenvalue weighted by molar-refractivity contribution is 0.0573. The van der Waals surface area contributed by atoms with Crippen LogP contribution in [0.4, 0.5) is 11.8 Å². The highest BCUT2D eigenvalue weighted by Crippen LogP contribution is 2.30. The zero-order valence-electron chi connectivity index (χ0n) is 20.9. The van der Waals surface area contributed by atoms with E-state index < -0.39 is 0 Å². The van der Waals surface area contributed by atoms with Crippen molar-refractivity contribution >= 4 is 29.3 Å². The number of nitrogen functional groups attached to an aromatic ring is 2. The number of benzene rings is 1. The average Bonchev–Trinajstić information content (AvgIpc) is 3.44. The highest BCUT2D eigenvalue weighted by molar-refractivity contribution is 6.34. The molecule has 8 nitrogen and oxygen atoms in total. The first-order valence-electron chi connectivity index (χ1n) is 12.6. The summed E-state index contributed by atoms with van der Waals surface area (Å²) in [7, 11) is 0. The van der Waals surface area contributed by atoms with Gasteiger partial charge in [-0.2, -0.15) is 0 Å². The standard InChI is InChI=1S/C28H30ClN7O/c1-18-22(9-6-19-7-11-25(30)32-17-19)26(34-28(31)33-18)20-8-10-23(24(29)16-20)27(37)36-14-12-35(13-15-36)21-4-2-3-5-21/h7-8,10-11,16-17,21H,2-5,12-15H2,1H3,(H2,30,32)(H2,31,33,34). The van der Waals surface area contributed by atoms with Crippen LogP contribution < -0.4 is 11.5 Å². The van der Waals surface area contributed by atoms with Crippen LogP contribution in [0.2, 0.25) is 5.02 Å². The Morgan fingerprint density at radius 2 is 1.78 bits per heavy atom. The summed E-state index contributed by atoms with van der Waals surface area (Å²) >= 11 is 6.66. The summed E-state index contributed by atoms with van der Waals surface area (Å²) in [4.78, 5) is 30.5. The summed E-state index contributed by atoms with van der Waals surface area (Å²) in [5.41, 5.74) is 15.4. The second kappa shape index (κ2) is 10.8. The number of aryl methyl sites for hydroxylation is 1. The van der Waals surface area contributed by atoms with E-state index in [2.05, 4.69) is 31.7 Å². The molecule has 3 heterocycles. The third kappa shape index (κ3) is 5.53. The maximum Gasteiger partial charge on any atom is 0.255 e. The van der Waals surface area contributed by atoms with E-state index in [9.17, 15) is 4.79 Å². The van der Waals surface area contributed by atoms with Crippen molar-refractivity contribution in [1.29, 1.82) is 0 Å². The van der Waals surface area contributed by atoms with Gasteiger partial charge in [0, 0.05) is 49.5 Å². The van der Waals surface area contributed by atoms with Gasteiger partial charge in [-0.1, -0.05) is 42.3 Å². The Kier molecular flexibility index (Phi) is 7.26. The van der Waals surface area contributed by atoms with Crippen LogP contribution in [-0.2, 0) is 0 Å². The summed E-state index contributed by atoms with van der Waals surface area (Å²) in [6.45, 7) is 5.09. The van der Waals surface area contributed by atoms with Crippen molar-refractivity contribution in [2.75, 3.05) is 37.6 Å². The molecule has 2 aromatic heterocycles. The van der Waals surface area contributed by atoms with Crippen LogP contribution in [0.25, 0.3) is 11.3 Å². The molecule has 3 aromatic rings. The Balaban J connectivity index is 1.38. The van der Waals surface area contributed by atoms with E-state index in [1.54, 1.807) is 30.5 Å². The molecule has 0 bridgehead atoms. The van der Waals surface area contributed by atoms with Crippen molar-refractivity contribution in [3.05, 3.63) is 63.9 Å². The number of nitrogens with zero attached hydrogens (tertiary/aromatic N) is 5. The number of carbonyl (C=O) groups is 1. The lowest BCUT2D eigenvalue weighted by Gasteiger charge is -2.38. The Morgan fingerprint density at radius 1 is 1.03 bits per heavy atom. The maximum absolute atomic E-state index is 13.3. The monoisotopic (exact) mass is 515 g/mol. The molecule has 9 heteroatoms. The molecule has 0 unspecified atom stereocenters. The van der Waals surface area contributed by atoms with Gasteiger partial charge in [-0.3, -0.25) is 9.69 Å². The Hall–Kier alpha value is -3.67. The first-order chi connectivity index (χ1) is 17.9.